The number of hydrogen-bond acceptors (Lipinski definition) is 8. The predicted molar refractivity (Wildman–Crippen MR) is 102 cm³/mol. The summed E-state index contributed by atoms with van der Waals surface area (Å²) in [6, 6.07) is 16.1. The van der Waals surface area contributed by atoms with Gasteiger partial charge in [-0.2, -0.15) is 20.2 Å². The monoisotopic (exact) mass is 360 g/mol. The van der Waals surface area contributed by atoms with Gasteiger partial charge in [0.15, 0.2) is 17.3 Å². The van der Waals surface area contributed by atoms with Crippen molar-refractivity contribution in [1.29, 1.82) is 5.26 Å². The number of phenolic OH excluding ortho intramolecular Hbond substituents is 1. The van der Waals surface area contributed by atoms with Crippen molar-refractivity contribution < 1.29 is 9.84 Å². The van der Waals surface area contributed by atoms with Gasteiger partial charge in [0.05, 0.1) is 12.7 Å². The Labute approximate surface area is 155 Å². The molecule has 3 aromatic rings. The topological polar surface area (TPSA) is 130 Å². The number of phenols is 1. The van der Waals surface area contributed by atoms with Gasteiger partial charge in [-0.1, -0.05) is 24.3 Å². The fraction of sp³-hybridized carbons (Fsp3) is 0.0526. The molecular formula is C19H16N6O2. The molecule has 0 saturated heterocycles. The molecule has 8 nitrogen and oxygen atoms in total. The van der Waals surface area contributed by atoms with Crippen LogP contribution in [0.1, 0.15) is 11.4 Å². The quantitative estimate of drug-likeness (QED) is 0.592. The number of aromatic hydroxyl groups is 1. The molecule has 0 fully saturated rings. The highest BCUT2D eigenvalue weighted by Crippen LogP contribution is 2.28. The fourth-order valence-electron chi connectivity index (χ4n) is 2.33. The Morgan fingerprint density at radius 3 is 2.63 bits per heavy atom. The summed E-state index contributed by atoms with van der Waals surface area (Å²) in [5, 5.41) is 22.4. The molecule has 0 bridgehead atoms. The van der Waals surface area contributed by atoms with Crippen LogP contribution in [0.2, 0.25) is 0 Å². The van der Waals surface area contributed by atoms with Crippen LogP contribution in [0.4, 0.5) is 17.6 Å². The number of hydrogen-bond donors (Lipinski definition) is 3. The minimum absolute atomic E-state index is 0.0165. The molecule has 27 heavy (non-hydrogen) atoms. The van der Waals surface area contributed by atoms with Crippen LogP contribution in [0.3, 0.4) is 0 Å². The van der Waals surface area contributed by atoms with E-state index >= 15 is 0 Å². The number of para-hydroxylation sites is 1. The first-order valence-electron chi connectivity index (χ1n) is 7.92. The summed E-state index contributed by atoms with van der Waals surface area (Å²) < 4.78 is 5.01. The van der Waals surface area contributed by atoms with E-state index in [0.29, 0.717) is 11.3 Å². The van der Waals surface area contributed by atoms with Gasteiger partial charge in [-0.25, -0.2) is 0 Å². The average molecular weight is 360 g/mol. The first-order valence-corrected chi connectivity index (χ1v) is 7.92. The maximum atomic E-state index is 9.89. The minimum atomic E-state index is -0.0369. The first-order chi connectivity index (χ1) is 13.1. The summed E-state index contributed by atoms with van der Waals surface area (Å²) in [6.07, 6.45) is 1.54. The molecule has 0 aliphatic heterocycles. The lowest BCUT2D eigenvalue weighted by Crippen LogP contribution is -2.06. The third kappa shape index (κ3) is 4.29. The minimum Gasteiger partial charge on any atom is -0.504 e. The van der Waals surface area contributed by atoms with E-state index in [1.54, 1.807) is 18.2 Å². The van der Waals surface area contributed by atoms with Crippen LogP contribution in [0.25, 0.3) is 11.6 Å². The van der Waals surface area contributed by atoms with Crippen LogP contribution in [-0.2, 0) is 0 Å². The van der Waals surface area contributed by atoms with E-state index < -0.39 is 0 Å². The number of nitrogen functional groups attached to an aromatic ring is 1. The fourth-order valence-corrected chi connectivity index (χ4v) is 2.33. The van der Waals surface area contributed by atoms with Crippen LogP contribution >= 0.6 is 0 Å². The summed E-state index contributed by atoms with van der Waals surface area (Å²) in [5.41, 5.74) is 7.30. The molecule has 1 heterocycles. The summed E-state index contributed by atoms with van der Waals surface area (Å²) in [6.45, 7) is 0. The van der Waals surface area contributed by atoms with E-state index in [0.717, 1.165) is 5.69 Å². The van der Waals surface area contributed by atoms with Crippen LogP contribution in [0.15, 0.2) is 48.5 Å². The maximum absolute atomic E-state index is 9.89. The number of methoxy groups -OCH3 is 1. The molecule has 0 spiro atoms. The highest BCUT2D eigenvalue weighted by molar-refractivity contribution is 5.87. The molecule has 8 heteroatoms. The second-order valence-electron chi connectivity index (χ2n) is 5.43. The zero-order valence-corrected chi connectivity index (χ0v) is 14.4. The van der Waals surface area contributed by atoms with Gasteiger partial charge in [0.2, 0.25) is 11.9 Å². The van der Waals surface area contributed by atoms with Gasteiger partial charge in [0.25, 0.3) is 0 Å². The van der Waals surface area contributed by atoms with E-state index in [4.69, 9.17) is 10.5 Å². The normalized spacial score (nSPS) is 10.9. The molecule has 134 valence electrons. The number of nitrogens with one attached hydrogen (secondary N) is 1. The van der Waals surface area contributed by atoms with Crippen molar-refractivity contribution in [3.63, 3.8) is 0 Å². The van der Waals surface area contributed by atoms with Gasteiger partial charge in [0.1, 0.15) is 6.07 Å². The molecule has 1 aromatic heterocycles. The van der Waals surface area contributed by atoms with E-state index in [9.17, 15) is 10.4 Å². The van der Waals surface area contributed by atoms with Gasteiger partial charge in [-0.3, -0.25) is 0 Å². The Balaban J connectivity index is 1.95. The number of benzene rings is 2. The van der Waals surface area contributed by atoms with Crippen molar-refractivity contribution in [1.82, 2.24) is 15.0 Å². The number of ether oxygens (including phenoxy) is 1. The number of aromatic nitrogens is 3. The molecule has 0 amide bonds. The molecule has 0 radical (unpaired) electrons. The number of allylic oxidation sites excluding steroid dienone is 1. The standard InChI is InChI=1S/C19H16N6O2/c1-27-16-8-7-12(10-15(16)26)9-13(11-20)17-23-18(21)25-19(24-17)22-14-5-3-2-4-6-14/h2-10,26H,1H3,(H3,21,22,23,24,25)/b13-9+. The summed E-state index contributed by atoms with van der Waals surface area (Å²) >= 11 is 0. The molecule has 3 rings (SSSR count). The van der Waals surface area contributed by atoms with Gasteiger partial charge in [0, 0.05) is 5.69 Å². The van der Waals surface area contributed by atoms with Crippen molar-refractivity contribution in [2.45, 2.75) is 0 Å². The van der Waals surface area contributed by atoms with Gasteiger partial charge in [-0.05, 0) is 35.9 Å². The van der Waals surface area contributed by atoms with Gasteiger partial charge in [-0.15, -0.1) is 0 Å². The van der Waals surface area contributed by atoms with E-state index in [1.165, 1.54) is 13.2 Å². The Hall–Kier alpha value is -4.12. The zero-order valence-electron chi connectivity index (χ0n) is 14.4. The lowest BCUT2D eigenvalue weighted by Gasteiger charge is -2.07. The number of nitriles is 1. The first kappa shape index (κ1) is 17.7. The van der Waals surface area contributed by atoms with Crippen molar-refractivity contribution in [3.05, 3.63) is 59.9 Å². The molecular weight excluding hydrogens is 344 g/mol. The maximum Gasteiger partial charge on any atom is 0.232 e. The number of nitrogens with zero attached hydrogens (tertiary/aromatic N) is 4. The van der Waals surface area contributed by atoms with Crippen LogP contribution in [0.5, 0.6) is 11.5 Å². The summed E-state index contributed by atoms with van der Waals surface area (Å²) in [7, 11) is 1.46. The molecule has 0 unspecified atom stereocenters. The second-order valence-corrected chi connectivity index (χ2v) is 5.43. The average Bonchev–Trinajstić information content (AvgIpc) is 2.66. The molecule has 4 N–H and O–H groups in total. The van der Waals surface area contributed by atoms with Gasteiger partial charge >= 0.3 is 0 Å². The van der Waals surface area contributed by atoms with E-state index in [1.807, 2.05) is 36.4 Å². The predicted octanol–water partition coefficient (Wildman–Crippen LogP) is 2.98. The van der Waals surface area contributed by atoms with E-state index in [2.05, 4.69) is 20.3 Å². The molecule has 0 aliphatic rings. The van der Waals surface area contributed by atoms with Crippen molar-refractivity contribution >= 4 is 29.2 Å². The summed E-state index contributed by atoms with van der Waals surface area (Å²) in [5.74, 6) is 0.632. The van der Waals surface area contributed by atoms with Crippen LogP contribution in [-0.4, -0.2) is 27.2 Å². The Morgan fingerprint density at radius 2 is 1.96 bits per heavy atom. The third-order valence-corrected chi connectivity index (χ3v) is 3.56. The van der Waals surface area contributed by atoms with Crippen LogP contribution < -0.4 is 15.8 Å². The molecule has 0 aliphatic carbocycles. The molecule has 0 saturated carbocycles. The van der Waals surface area contributed by atoms with Crippen molar-refractivity contribution in [2.24, 2.45) is 0 Å². The lowest BCUT2D eigenvalue weighted by atomic mass is 10.1. The Bertz CT molecular complexity index is 1030. The van der Waals surface area contributed by atoms with Crippen LogP contribution in [0, 0.1) is 11.3 Å². The van der Waals surface area contributed by atoms with Gasteiger partial charge < -0.3 is 20.9 Å². The van der Waals surface area contributed by atoms with Crippen molar-refractivity contribution in [3.8, 4) is 17.6 Å². The highest BCUT2D eigenvalue weighted by Gasteiger charge is 2.11. The lowest BCUT2D eigenvalue weighted by molar-refractivity contribution is 0.373. The SMILES string of the molecule is COc1ccc(/C=C(\C#N)c2nc(N)nc(Nc3ccccc3)n2)cc1O. The molecule has 0 atom stereocenters. The summed E-state index contributed by atoms with van der Waals surface area (Å²) in [4.78, 5) is 12.3. The number of anilines is 3. The highest BCUT2D eigenvalue weighted by atomic mass is 16.5. The largest absolute Gasteiger partial charge is 0.504 e. The third-order valence-electron chi connectivity index (χ3n) is 3.56. The van der Waals surface area contributed by atoms with E-state index in [-0.39, 0.29) is 29.0 Å². The second kappa shape index (κ2) is 7.84. The smallest absolute Gasteiger partial charge is 0.232 e. The number of rotatable bonds is 5. The Kier molecular flexibility index (Phi) is 5.14. The van der Waals surface area contributed by atoms with Crippen molar-refractivity contribution in [2.75, 3.05) is 18.2 Å². The number of nitrogens with two attached hydrogens (primary N) is 1. The zero-order chi connectivity index (χ0) is 19.2. The molecule has 2 aromatic carbocycles. The Morgan fingerprint density at radius 1 is 1.19 bits per heavy atom.